The summed E-state index contributed by atoms with van der Waals surface area (Å²) in [6.07, 6.45) is 2.38. The van der Waals surface area contributed by atoms with Crippen molar-refractivity contribution in [1.29, 1.82) is 0 Å². The number of carbonyl (C=O) groups excluding carboxylic acids is 1. The van der Waals surface area contributed by atoms with E-state index in [0.717, 1.165) is 36.2 Å². The van der Waals surface area contributed by atoms with Gasteiger partial charge in [-0.05, 0) is 45.1 Å². The molecule has 2 atom stereocenters. The summed E-state index contributed by atoms with van der Waals surface area (Å²) in [5, 5.41) is 13.1. The highest BCUT2D eigenvalue weighted by atomic mass is 16.3. The number of aliphatic hydroxyl groups excluding tert-OH is 1. The smallest absolute Gasteiger partial charge is 0.242 e. The van der Waals surface area contributed by atoms with Gasteiger partial charge in [-0.15, -0.1) is 0 Å². The third-order valence-corrected chi connectivity index (χ3v) is 4.07. The molecule has 0 fully saturated rings. The number of carbonyl (C=O) groups is 1. The highest BCUT2D eigenvalue weighted by molar-refractivity contribution is 5.80. The van der Waals surface area contributed by atoms with Gasteiger partial charge < -0.3 is 15.0 Å². The zero-order valence-electron chi connectivity index (χ0n) is 12.9. The molecule has 0 saturated carbocycles. The van der Waals surface area contributed by atoms with E-state index in [2.05, 4.69) is 23.7 Å². The minimum absolute atomic E-state index is 0.0558. The summed E-state index contributed by atoms with van der Waals surface area (Å²) in [6.45, 7) is 8.82. The van der Waals surface area contributed by atoms with Crippen LogP contribution in [0.1, 0.15) is 62.7 Å². The van der Waals surface area contributed by atoms with Crippen molar-refractivity contribution in [2.45, 2.75) is 59.1 Å². The fourth-order valence-electron chi connectivity index (χ4n) is 3.01. The van der Waals surface area contributed by atoms with Crippen LogP contribution in [0.4, 0.5) is 0 Å². The number of hydrogen-bond acceptors (Lipinski definition) is 2. The van der Waals surface area contributed by atoms with Crippen molar-refractivity contribution in [2.24, 2.45) is 5.92 Å². The molecular weight excluding hydrogens is 252 g/mol. The molecule has 1 heterocycles. The predicted molar refractivity (Wildman–Crippen MR) is 79.6 cm³/mol. The molecule has 112 valence electrons. The van der Waals surface area contributed by atoms with E-state index in [-0.39, 0.29) is 18.1 Å². The number of nitrogens with zero attached hydrogens (tertiary/aromatic N) is 1. The van der Waals surface area contributed by atoms with Gasteiger partial charge in [0.15, 0.2) is 0 Å². The molecule has 0 bridgehead atoms. The molecule has 0 spiro atoms. The van der Waals surface area contributed by atoms with Crippen LogP contribution < -0.4 is 5.32 Å². The molecule has 1 amide bonds. The maximum absolute atomic E-state index is 12.3. The molecule has 2 N–H and O–H groups in total. The molecule has 1 aromatic heterocycles. The number of nitrogens with one attached hydrogen (secondary N) is 1. The van der Waals surface area contributed by atoms with E-state index in [1.165, 1.54) is 0 Å². The Balaban J connectivity index is 2.22. The van der Waals surface area contributed by atoms with E-state index in [9.17, 15) is 9.90 Å². The average molecular weight is 278 g/mol. The van der Waals surface area contributed by atoms with Crippen LogP contribution in [-0.4, -0.2) is 22.1 Å². The van der Waals surface area contributed by atoms with Gasteiger partial charge in [0, 0.05) is 23.5 Å². The van der Waals surface area contributed by atoms with Crippen LogP contribution in [0.25, 0.3) is 0 Å². The van der Waals surface area contributed by atoms with E-state index >= 15 is 0 Å². The van der Waals surface area contributed by atoms with Crippen molar-refractivity contribution >= 4 is 5.91 Å². The Bertz CT molecular complexity index is 491. The molecule has 0 aromatic carbocycles. The number of amides is 1. The zero-order valence-corrected chi connectivity index (χ0v) is 12.9. The molecule has 2 unspecified atom stereocenters. The van der Waals surface area contributed by atoms with Gasteiger partial charge in [0.25, 0.3) is 0 Å². The van der Waals surface area contributed by atoms with E-state index in [0.29, 0.717) is 12.5 Å². The Morgan fingerprint density at radius 2 is 2.20 bits per heavy atom. The molecule has 0 radical (unpaired) electrons. The summed E-state index contributed by atoms with van der Waals surface area (Å²) in [5.41, 5.74) is 3.20. The van der Waals surface area contributed by atoms with Crippen LogP contribution in [0, 0.1) is 12.8 Å². The Hall–Kier alpha value is -1.29. The lowest BCUT2D eigenvalue weighted by atomic mass is 9.95. The van der Waals surface area contributed by atoms with Crippen LogP contribution in [0.2, 0.25) is 0 Å². The van der Waals surface area contributed by atoms with E-state index < -0.39 is 0 Å². The van der Waals surface area contributed by atoms with Crippen molar-refractivity contribution in [3.8, 4) is 0 Å². The van der Waals surface area contributed by atoms with Gasteiger partial charge in [-0.3, -0.25) is 4.79 Å². The Labute approximate surface area is 121 Å². The van der Waals surface area contributed by atoms with Crippen molar-refractivity contribution in [3.63, 3.8) is 0 Å². The second-order valence-electron chi connectivity index (χ2n) is 6.28. The summed E-state index contributed by atoms with van der Waals surface area (Å²) in [5.74, 6) is 0.507. The fourth-order valence-corrected chi connectivity index (χ4v) is 3.01. The minimum atomic E-state index is -0.371. The Kier molecular flexibility index (Phi) is 4.53. The molecule has 4 heteroatoms. The number of hydrogen-bond donors (Lipinski definition) is 2. The number of aromatic nitrogens is 1. The van der Waals surface area contributed by atoms with Crippen LogP contribution in [0.5, 0.6) is 0 Å². The monoisotopic (exact) mass is 278 g/mol. The molecule has 1 aliphatic rings. The van der Waals surface area contributed by atoms with Gasteiger partial charge >= 0.3 is 0 Å². The third-order valence-electron chi connectivity index (χ3n) is 4.07. The first-order valence-electron chi connectivity index (χ1n) is 7.58. The second kappa shape index (κ2) is 6.00. The topological polar surface area (TPSA) is 54.3 Å². The van der Waals surface area contributed by atoms with E-state index in [4.69, 9.17) is 0 Å². The molecule has 0 saturated heterocycles. The van der Waals surface area contributed by atoms with Crippen molar-refractivity contribution in [2.75, 3.05) is 6.54 Å². The largest absolute Gasteiger partial charge is 0.388 e. The van der Waals surface area contributed by atoms with Gasteiger partial charge in [0.2, 0.25) is 5.91 Å². The average Bonchev–Trinajstić information content (AvgIpc) is 2.73. The maximum Gasteiger partial charge on any atom is 0.242 e. The maximum atomic E-state index is 12.3. The lowest BCUT2D eigenvalue weighted by molar-refractivity contribution is -0.124. The number of aliphatic hydroxyl groups is 1. The zero-order chi connectivity index (χ0) is 14.9. The van der Waals surface area contributed by atoms with Gasteiger partial charge in [-0.1, -0.05) is 13.8 Å². The van der Waals surface area contributed by atoms with Crippen LogP contribution >= 0.6 is 0 Å². The van der Waals surface area contributed by atoms with E-state index in [1.807, 2.05) is 19.9 Å². The molecule has 2 rings (SSSR count). The van der Waals surface area contributed by atoms with Gasteiger partial charge in [0.05, 0.1) is 6.10 Å². The number of rotatable bonds is 4. The molecule has 0 aliphatic heterocycles. The first-order chi connectivity index (χ1) is 9.41. The summed E-state index contributed by atoms with van der Waals surface area (Å²) >= 11 is 0. The van der Waals surface area contributed by atoms with Crippen LogP contribution in [0.15, 0.2) is 6.07 Å². The lowest BCUT2D eigenvalue weighted by Crippen LogP contribution is -2.34. The van der Waals surface area contributed by atoms with E-state index in [1.54, 1.807) is 0 Å². The molecule has 4 nitrogen and oxygen atoms in total. The van der Waals surface area contributed by atoms with Crippen molar-refractivity contribution in [3.05, 3.63) is 23.0 Å². The fraction of sp³-hybridized carbons (Fsp3) is 0.688. The molecule has 20 heavy (non-hydrogen) atoms. The first-order valence-corrected chi connectivity index (χ1v) is 7.58. The van der Waals surface area contributed by atoms with Crippen molar-refractivity contribution < 1.29 is 9.90 Å². The quantitative estimate of drug-likeness (QED) is 0.889. The SMILES string of the molecule is Cc1cc2c(n1C(C)C(=O)NCC(C)C)CCCC2O. The van der Waals surface area contributed by atoms with Gasteiger partial charge in [-0.2, -0.15) is 0 Å². The summed E-state index contributed by atoms with van der Waals surface area (Å²) in [4.78, 5) is 12.3. The summed E-state index contributed by atoms with van der Waals surface area (Å²) < 4.78 is 2.09. The predicted octanol–water partition coefficient (Wildman–Crippen LogP) is 2.50. The number of aryl methyl sites for hydroxylation is 1. The highest BCUT2D eigenvalue weighted by Gasteiger charge is 2.27. The van der Waals surface area contributed by atoms with Crippen molar-refractivity contribution in [1.82, 2.24) is 9.88 Å². The first kappa shape index (κ1) is 15.1. The third kappa shape index (κ3) is 2.90. The minimum Gasteiger partial charge on any atom is -0.388 e. The van der Waals surface area contributed by atoms with Gasteiger partial charge in [0.1, 0.15) is 6.04 Å². The van der Waals surface area contributed by atoms with Crippen LogP contribution in [0.3, 0.4) is 0 Å². The normalized spacial score (nSPS) is 19.8. The highest BCUT2D eigenvalue weighted by Crippen LogP contribution is 2.33. The molecule has 1 aromatic rings. The Morgan fingerprint density at radius 1 is 1.50 bits per heavy atom. The standard InChI is InChI=1S/C16H26N2O2/c1-10(2)9-17-16(20)12(4)18-11(3)8-13-14(18)6-5-7-15(13)19/h8,10,12,15,19H,5-7,9H2,1-4H3,(H,17,20). The number of fused-ring (bicyclic) bond motifs is 1. The summed E-state index contributed by atoms with van der Waals surface area (Å²) in [6, 6.07) is 1.81. The second-order valence-corrected chi connectivity index (χ2v) is 6.28. The van der Waals surface area contributed by atoms with Crippen LogP contribution in [-0.2, 0) is 11.2 Å². The van der Waals surface area contributed by atoms with Gasteiger partial charge in [-0.25, -0.2) is 0 Å². The molecule has 1 aliphatic carbocycles. The lowest BCUT2D eigenvalue weighted by Gasteiger charge is -2.24. The molecular formula is C16H26N2O2. The summed E-state index contributed by atoms with van der Waals surface area (Å²) in [7, 11) is 0. The Morgan fingerprint density at radius 3 is 2.85 bits per heavy atom.